The van der Waals surface area contributed by atoms with Gasteiger partial charge in [-0.15, -0.1) is 0 Å². The zero-order chi connectivity index (χ0) is 13.2. The Bertz CT molecular complexity index is 410. The van der Waals surface area contributed by atoms with Gasteiger partial charge in [0.25, 0.3) is 0 Å². The van der Waals surface area contributed by atoms with Crippen molar-refractivity contribution >= 4 is 0 Å². The second-order valence-electron chi connectivity index (χ2n) is 6.03. The van der Waals surface area contributed by atoms with Crippen LogP contribution in [0.15, 0.2) is 18.2 Å². The van der Waals surface area contributed by atoms with E-state index in [0.717, 1.165) is 19.0 Å². The van der Waals surface area contributed by atoms with Gasteiger partial charge < -0.3 is 5.32 Å². The van der Waals surface area contributed by atoms with Gasteiger partial charge >= 0.3 is 0 Å². The van der Waals surface area contributed by atoms with Gasteiger partial charge in [0.05, 0.1) is 0 Å². The van der Waals surface area contributed by atoms with Crippen molar-refractivity contribution in [3.8, 4) is 0 Å². The fraction of sp³-hybridized carbons (Fsp3) is 0.647. The van der Waals surface area contributed by atoms with Crippen LogP contribution in [0.1, 0.15) is 49.8 Å². The molecule has 2 atom stereocenters. The molecule has 1 aliphatic rings. The Labute approximate surface area is 112 Å². The van der Waals surface area contributed by atoms with Crippen LogP contribution in [0.2, 0.25) is 0 Å². The van der Waals surface area contributed by atoms with Gasteiger partial charge in [-0.2, -0.15) is 0 Å². The van der Waals surface area contributed by atoms with Gasteiger partial charge in [-0.05, 0) is 55.8 Å². The third-order valence-electron chi connectivity index (χ3n) is 4.98. The zero-order valence-electron chi connectivity index (χ0n) is 12.3. The Morgan fingerprint density at radius 1 is 1.28 bits per heavy atom. The van der Waals surface area contributed by atoms with Gasteiger partial charge in [0.15, 0.2) is 0 Å². The normalized spacial score (nSPS) is 27.7. The van der Waals surface area contributed by atoms with Gasteiger partial charge in [0.1, 0.15) is 0 Å². The van der Waals surface area contributed by atoms with E-state index in [1.165, 1.54) is 30.4 Å². The average molecular weight is 245 g/mol. The molecule has 1 aromatic carbocycles. The van der Waals surface area contributed by atoms with Crippen molar-refractivity contribution in [2.75, 3.05) is 13.1 Å². The van der Waals surface area contributed by atoms with E-state index < -0.39 is 0 Å². The number of rotatable bonds is 4. The fourth-order valence-electron chi connectivity index (χ4n) is 3.44. The Kier molecular flexibility index (Phi) is 4.11. The predicted molar refractivity (Wildman–Crippen MR) is 79.2 cm³/mol. The van der Waals surface area contributed by atoms with Crippen LogP contribution in [0.3, 0.4) is 0 Å². The first kappa shape index (κ1) is 13.6. The van der Waals surface area contributed by atoms with E-state index in [4.69, 9.17) is 0 Å². The smallest absolute Gasteiger partial charge is 0.0103 e. The highest BCUT2D eigenvalue weighted by atomic mass is 14.9. The van der Waals surface area contributed by atoms with E-state index in [-0.39, 0.29) is 0 Å². The van der Waals surface area contributed by atoms with Crippen LogP contribution < -0.4 is 5.32 Å². The summed E-state index contributed by atoms with van der Waals surface area (Å²) in [6.45, 7) is 11.3. The first-order valence-electron chi connectivity index (χ1n) is 7.38. The van der Waals surface area contributed by atoms with Gasteiger partial charge in [0.2, 0.25) is 0 Å². The molecule has 1 N–H and O–H groups in total. The van der Waals surface area contributed by atoms with Crippen molar-refractivity contribution < 1.29 is 0 Å². The van der Waals surface area contributed by atoms with Crippen LogP contribution in [0.25, 0.3) is 0 Å². The Morgan fingerprint density at radius 2 is 2.06 bits per heavy atom. The number of aryl methyl sites for hydroxylation is 2. The largest absolute Gasteiger partial charge is 0.316 e. The van der Waals surface area contributed by atoms with Crippen LogP contribution in [0, 0.1) is 19.8 Å². The molecule has 0 spiro atoms. The van der Waals surface area contributed by atoms with Crippen LogP contribution >= 0.6 is 0 Å². The summed E-state index contributed by atoms with van der Waals surface area (Å²) in [7, 11) is 0. The van der Waals surface area contributed by atoms with Crippen LogP contribution in [-0.2, 0) is 5.41 Å². The third kappa shape index (κ3) is 2.33. The maximum Gasteiger partial charge on any atom is 0.0103 e. The van der Waals surface area contributed by atoms with E-state index >= 15 is 0 Å². The van der Waals surface area contributed by atoms with Gasteiger partial charge in [-0.3, -0.25) is 0 Å². The highest BCUT2D eigenvalue weighted by Crippen LogP contribution is 2.45. The number of hydrogen-bond acceptors (Lipinski definition) is 1. The zero-order valence-corrected chi connectivity index (χ0v) is 12.3. The van der Waals surface area contributed by atoms with E-state index in [9.17, 15) is 0 Å². The van der Waals surface area contributed by atoms with Crippen molar-refractivity contribution in [1.29, 1.82) is 0 Å². The summed E-state index contributed by atoms with van der Waals surface area (Å²) < 4.78 is 0. The highest BCUT2D eigenvalue weighted by molar-refractivity contribution is 5.36. The van der Waals surface area contributed by atoms with Crippen LogP contribution in [0.5, 0.6) is 0 Å². The van der Waals surface area contributed by atoms with Crippen molar-refractivity contribution in [3.63, 3.8) is 0 Å². The minimum Gasteiger partial charge on any atom is -0.316 e. The number of likely N-dealkylation sites (N-methyl/N-ethyl adjacent to an activating group) is 1. The summed E-state index contributed by atoms with van der Waals surface area (Å²) >= 11 is 0. The standard InChI is InChI=1S/C17H27N/c1-5-18-12-17(10-6-7-15(17)4)16-9-8-13(2)14(3)11-16/h8-9,11,15,18H,5-7,10,12H2,1-4H3. The predicted octanol–water partition coefficient (Wildman–Crippen LogP) is 3.97. The lowest BCUT2D eigenvalue weighted by Gasteiger charge is -2.35. The first-order chi connectivity index (χ1) is 8.60. The molecule has 18 heavy (non-hydrogen) atoms. The van der Waals surface area contributed by atoms with E-state index in [1.807, 2.05) is 0 Å². The van der Waals surface area contributed by atoms with Crippen LogP contribution in [0.4, 0.5) is 0 Å². The van der Waals surface area contributed by atoms with Crippen LogP contribution in [-0.4, -0.2) is 13.1 Å². The fourth-order valence-corrected chi connectivity index (χ4v) is 3.44. The summed E-state index contributed by atoms with van der Waals surface area (Å²) in [6.07, 6.45) is 4.08. The van der Waals surface area contributed by atoms with E-state index in [1.54, 1.807) is 5.56 Å². The summed E-state index contributed by atoms with van der Waals surface area (Å²) in [4.78, 5) is 0. The number of nitrogens with one attached hydrogen (secondary N) is 1. The molecule has 0 bridgehead atoms. The summed E-state index contributed by atoms with van der Waals surface area (Å²) in [5.41, 5.74) is 4.76. The molecule has 1 heteroatoms. The molecule has 1 aromatic rings. The molecule has 1 saturated carbocycles. The topological polar surface area (TPSA) is 12.0 Å². The molecule has 0 aromatic heterocycles. The van der Waals surface area contributed by atoms with Crippen molar-refractivity contribution in [2.45, 2.75) is 52.4 Å². The van der Waals surface area contributed by atoms with Gasteiger partial charge in [0, 0.05) is 12.0 Å². The Balaban J connectivity index is 2.36. The minimum atomic E-state index is 0.370. The second kappa shape index (κ2) is 5.44. The molecular weight excluding hydrogens is 218 g/mol. The molecule has 2 rings (SSSR count). The molecule has 2 unspecified atom stereocenters. The molecule has 0 saturated heterocycles. The average Bonchev–Trinajstić information content (AvgIpc) is 2.73. The Hall–Kier alpha value is -0.820. The molecule has 0 aliphatic heterocycles. The summed E-state index contributed by atoms with van der Waals surface area (Å²) in [5.74, 6) is 0.790. The monoisotopic (exact) mass is 245 g/mol. The maximum atomic E-state index is 3.59. The highest BCUT2D eigenvalue weighted by Gasteiger charge is 2.41. The van der Waals surface area contributed by atoms with Crippen molar-refractivity contribution in [1.82, 2.24) is 5.32 Å². The maximum absolute atomic E-state index is 3.59. The molecule has 1 aliphatic carbocycles. The Morgan fingerprint density at radius 3 is 2.61 bits per heavy atom. The number of hydrogen-bond donors (Lipinski definition) is 1. The van der Waals surface area contributed by atoms with E-state index in [0.29, 0.717) is 5.41 Å². The minimum absolute atomic E-state index is 0.370. The second-order valence-corrected chi connectivity index (χ2v) is 6.03. The molecule has 100 valence electrons. The van der Waals surface area contributed by atoms with E-state index in [2.05, 4.69) is 51.2 Å². The summed E-state index contributed by atoms with van der Waals surface area (Å²) in [5, 5.41) is 3.59. The molecule has 0 radical (unpaired) electrons. The quantitative estimate of drug-likeness (QED) is 0.846. The molecule has 0 amide bonds. The molecular formula is C17H27N. The molecule has 1 fully saturated rings. The van der Waals surface area contributed by atoms with Crippen molar-refractivity contribution in [3.05, 3.63) is 34.9 Å². The third-order valence-corrected chi connectivity index (χ3v) is 4.98. The molecule has 0 heterocycles. The van der Waals surface area contributed by atoms with Gasteiger partial charge in [-0.25, -0.2) is 0 Å². The van der Waals surface area contributed by atoms with Gasteiger partial charge in [-0.1, -0.05) is 38.5 Å². The lowest BCUT2D eigenvalue weighted by atomic mass is 9.72. The first-order valence-corrected chi connectivity index (χ1v) is 7.38. The van der Waals surface area contributed by atoms with Crippen molar-refractivity contribution in [2.24, 2.45) is 5.92 Å². The SMILES string of the molecule is CCNCC1(c2ccc(C)c(C)c2)CCCC1C. The number of benzene rings is 1. The molecule has 1 nitrogen and oxygen atoms in total. The lowest BCUT2D eigenvalue weighted by molar-refractivity contribution is 0.320. The lowest BCUT2D eigenvalue weighted by Crippen LogP contribution is -2.40. The summed E-state index contributed by atoms with van der Waals surface area (Å²) in [6, 6.07) is 7.08.